The van der Waals surface area contributed by atoms with Crippen LogP contribution in [0.1, 0.15) is 28.8 Å². The van der Waals surface area contributed by atoms with Gasteiger partial charge in [-0.15, -0.1) is 11.3 Å². The van der Waals surface area contributed by atoms with Gasteiger partial charge in [-0.25, -0.2) is 0 Å². The standard InChI is InChI=1S/C24H20F2N4O2S/c1-24(19-11-17(13-33-19)16-5-3-4-14(10-16)12-27)20(21(31)30(2)23(28)29-24)15-6-8-18(9-7-15)32-22(25)26/h3-11,13,20,22H,1-2H3,(H2,28,29)/t20-,24-/m1/s1. The van der Waals surface area contributed by atoms with Crippen molar-refractivity contribution in [2.75, 3.05) is 7.05 Å². The second-order valence-corrected chi connectivity index (χ2v) is 8.76. The molecule has 1 aliphatic heterocycles. The number of thiophene rings is 1. The summed E-state index contributed by atoms with van der Waals surface area (Å²) < 4.78 is 29.5. The highest BCUT2D eigenvalue weighted by molar-refractivity contribution is 7.10. The van der Waals surface area contributed by atoms with Crippen LogP contribution in [0.4, 0.5) is 8.78 Å². The van der Waals surface area contributed by atoms with E-state index in [1.807, 2.05) is 30.5 Å². The molecule has 0 spiro atoms. The molecule has 0 saturated carbocycles. The van der Waals surface area contributed by atoms with Crippen molar-refractivity contribution in [3.63, 3.8) is 0 Å². The molecule has 168 valence electrons. The summed E-state index contributed by atoms with van der Waals surface area (Å²) in [5.74, 6) is -1.03. The fourth-order valence-electron chi connectivity index (χ4n) is 4.00. The van der Waals surface area contributed by atoms with E-state index >= 15 is 0 Å². The summed E-state index contributed by atoms with van der Waals surface area (Å²) in [6.07, 6.45) is 0. The minimum atomic E-state index is -2.94. The van der Waals surface area contributed by atoms with Gasteiger partial charge in [-0.1, -0.05) is 24.3 Å². The van der Waals surface area contributed by atoms with E-state index in [2.05, 4.69) is 16.1 Å². The predicted octanol–water partition coefficient (Wildman–Crippen LogP) is 4.88. The Kier molecular flexibility index (Phi) is 5.87. The van der Waals surface area contributed by atoms with Crippen LogP contribution in [0.3, 0.4) is 0 Å². The number of nitriles is 1. The van der Waals surface area contributed by atoms with Crippen LogP contribution >= 0.6 is 11.3 Å². The Balaban J connectivity index is 1.75. The number of guanidine groups is 1. The zero-order chi connectivity index (χ0) is 23.8. The van der Waals surface area contributed by atoms with Crippen molar-refractivity contribution in [2.24, 2.45) is 0 Å². The topological polar surface area (TPSA) is 89.2 Å². The van der Waals surface area contributed by atoms with Crippen molar-refractivity contribution in [2.45, 2.75) is 25.0 Å². The number of nitrogens with zero attached hydrogens (tertiary/aromatic N) is 2. The van der Waals surface area contributed by atoms with Crippen LogP contribution < -0.4 is 10.1 Å². The van der Waals surface area contributed by atoms with Crippen LogP contribution in [-0.4, -0.2) is 30.4 Å². The lowest BCUT2D eigenvalue weighted by Crippen LogP contribution is -2.62. The number of carbonyl (C=O) groups is 1. The first-order valence-electron chi connectivity index (χ1n) is 10.0. The lowest BCUT2D eigenvalue weighted by molar-refractivity contribution is -0.131. The van der Waals surface area contributed by atoms with Crippen LogP contribution in [0.25, 0.3) is 11.1 Å². The maximum Gasteiger partial charge on any atom is 0.387 e. The Hall–Kier alpha value is -3.77. The van der Waals surface area contributed by atoms with E-state index in [0.29, 0.717) is 11.1 Å². The molecule has 0 radical (unpaired) electrons. The molecule has 1 aliphatic rings. The summed E-state index contributed by atoms with van der Waals surface area (Å²) in [5.41, 5.74) is 1.97. The molecule has 33 heavy (non-hydrogen) atoms. The molecule has 3 aromatic rings. The first kappa shape index (κ1) is 22.4. The van der Waals surface area contributed by atoms with Gasteiger partial charge in [0.25, 0.3) is 0 Å². The number of benzene rings is 2. The first-order valence-corrected chi connectivity index (χ1v) is 10.9. The van der Waals surface area contributed by atoms with Gasteiger partial charge in [0.15, 0.2) is 5.96 Å². The summed E-state index contributed by atoms with van der Waals surface area (Å²) in [5, 5.41) is 22.6. The maximum absolute atomic E-state index is 13.3. The molecule has 0 bridgehead atoms. The maximum atomic E-state index is 13.3. The molecule has 0 aliphatic carbocycles. The van der Waals surface area contributed by atoms with Crippen LogP contribution in [0.5, 0.6) is 5.75 Å². The molecule has 0 unspecified atom stereocenters. The molecule has 1 fully saturated rings. The third-order valence-electron chi connectivity index (χ3n) is 5.74. The number of ether oxygens (including phenoxy) is 1. The minimum Gasteiger partial charge on any atom is -0.435 e. The number of hydrogen-bond acceptors (Lipinski definition) is 5. The van der Waals surface area contributed by atoms with E-state index < -0.39 is 18.1 Å². The number of carbonyl (C=O) groups excluding carboxylic acids is 1. The Morgan fingerprint density at radius 1 is 1.21 bits per heavy atom. The zero-order valence-electron chi connectivity index (χ0n) is 17.8. The number of halogens is 2. The first-order chi connectivity index (χ1) is 15.7. The molecule has 2 heterocycles. The molecule has 4 rings (SSSR count). The Labute approximate surface area is 193 Å². The van der Waals surface area contributed by atoms with Gasteiger partial charge in [0, 0.05) is 11.9 Å². The normalized spacial score (nSPS) is 20.5. The fraction of sp³-hybridized carbons (Fsp3) is 0.208. The molecular formula is C24H20F2N4O2S. The lowest BCUT2D eigenvalue weighted by Gasteiger charge is -2.45. The van der Waals surface area contributed by atoms with E-state index in [1.54, 1.807) is 24.3 Å². The average molecular weight is 467 g/mol. The van der Waals surface area contributed by atoms with Crippen molar-refractivity contribution >= 4 is 23.2 Å². The smallest absolute Gasteiger partial charge is 0.387 e. The second-order valence-electron chi connectivity index (χ2n) is 7.85. The second kappa shape index (κ2) is 8.64. The van der Waals surface area contributed by atoms with Gasteiger partial charge in [0.2, 0.25) is 5.91 Å². The van der Waals surface area contributed by atoms with Crippen LogP contribution in [0, 0.1) is 16.7 Å². The van der Waals surface area contributed by atoms with Crippen molar-refractivity contribution in [3.8, 4) is 22.9 Å². The monoisotopic (exact) mass is 466 g/mol. The van der Waals surface area contributed by atoms with E-state index in [4.69, 9.17) is 5.41 Å². The molecule has 2 atom stereocenters. The highest BCUT2D eigenvalue weighted by Gasteiger charge is 2.49. The predicted molar refractivity (Wildman–Crippen MR) is 121 cm³/mol. The molecular weight excluding hydrogens is 446 g/mol. The van der Waals surface area contributed by atoms with Crippen molar-refractivity contribution < 1.29 is 18.3 Å². The Morgan fingerprint density at radius 3 is 2.61 bits per heavy atom. The van der Waals surface area contributed by atoms with Gasteiger partial charge in [-0.2, -0.15) is 14.0 Å². The van der Waals surface area contributed by atoms with Gasteiger partial charge in [0.1, 0.15) is 5.75 Å². The van der Waals surface area contributed by atoms with Gasteiger partial charge in [-0.05, 0) is 59.3 Å². The SMILES string of the molecule is CN1C(=N)N[C@](C)(c2cc(-c3cccc(C#N)c3)cs2)[C@H](c2ccc(OC(F)F)cc2)C1=O. The van der Waals surface area contributed by atoms with E-state index in [-0.39, 0.29) is 17.6 Å². The molecule has 2 N–H and O–H groups in total. The third kappa shape index (κ3) is 4.17. The Morgan fingerprint density at radius 2 is 1.94 bits per heavy atom. The molecule has 1 amide bonds. The summed E-state index contributed by atoms with van der Waals surface area (Å²) in [6, 6.07) is 17.3. The zero-order valence-corrected chi connectivity index (χ0v) is 18.6. The largest absolute Gasteiger partial charge is 0.435 e. The minimum absolute atomic E-state index is 0.00329. The van der Waals surface area contributed by atoms with Crippen molar-refractivity contribution in [3.05, 3.63) is 76.0 Å². The van der Waals surface area contributed by atoms with E-state index in [1.165, 1.54) is 35.4 Å². The highest BCUT2D eigenvalue weighted by atomic mass is 32.1. The number of rotatable bonds is 5. The van der Waals surface area contributed by atoms with E-state index in [0.717, 1.165) is 16.0 Å². The molecule has 1 saturated heterocycles. The van der Waals surface area contributed by atoms with Crippen molar-refractivity contribution in [1.82, 2.24) is 10.2 Å². The van der Waals surface area contributed by atoms with Crippen LogP contribution in [-0.2, 0) is 10.3 Å². The lowest BCUT2D eigenvalue weighted by atomic mass is 9.76. The van der Waals surface area contributed by atoms with Gasteiger partial charge in [-0.3, -0.25) is 15.1 Å². The van der Waals surface area contributed by atoms with E-state index in [9.17, 15) is 18.8 Å². The third-order valence-corrected chi connectivity index (χ3v) is 6.91. The van der Waals surface area contributed by atoms with Crippen LogP contribution in [0.15, 0.2) is 60.0 Å². The molecule has 1 aromatic heterocycles. The number of likely N-dealkylation sites (N-methyl/N-ethyl adjacent to an activating group) is 1. The number of alkyl halides is 2. The summed E-state index contributed by atoms with van der Waals surface area (Å²) in [4.78, 5) is 15.4. The van der Waals surface area contributed by atoms with Crippen molar-refractivity contribution in [1.29, 1.82) is 10.7 Å². The average Bonchev–Trinajstić information content (AvgIpc) is 3.30. The fourth-order valence-corrected chi connectivity index (χ4v) is 5.07. The van der Waals surface area contributed by atoms with Gasteiger partial charge in [0.05, 0.1) is 23.1 Å². The summed E-state index contributed by atoms with van der Waals surface area (Å²) >= 11 is 1.44. The summed E-state index contributed by atoms with van der Waals surface area (Å²) in [6.45, 7) is -1.09. The number of nitrogens with one attached hydrogen (secondary N) is 2. The number of hydrogen-bond donors (Lipinski definition) is 2. The highest BCUT2D eigenvalue weighted by Crippen LogP contribution is 2.44. The quantitative estimate of drug-likeness (QED) is 0.561. The molecule has 6 nitrogen and oxygen atoms in total. The van der Waals surface area contributed by atoms with Gasteiger partial charge < -0.3 is 10.1 Å². The number of amides is 1. The van der Waals surface area contributed by atoms with Gasteiger partial charge >= 0.3 is 6.61 Å². The molecule has 2 aromatic carbocycles. The molecule has 9 heteroatoms. The Bertz CT molecular complexity index is 1250. The summed E-state index contributed by atoms with van der Waals surface area (Å²) in [7, 11) is 1.52. The van der Waals surface area contributed by atoms with Crippen LogP contribution in [0.2, 0.25) is 0 Å².